The molecule has 0 saturated heterocycles. The standard InChI is InChI=1S/C11H23BO3/c1-8(2)11(6,7)9(13)14-12-15-10(3,4)5/h8,12H,1-7H3. The molecule has 0 fully saturated rings. The summed E-state index contributed by atoms with van der Waals surface area (Å²) in [5.41, 5.74) is -0.733. The van der Waals surface area contributed by atoms with Gasteiger partial charge in [-0.15, -0.1) is 0 Å². The van der Waals surface area contributed by atoms with Crippen molar-refractivity contribution < 1.29 is 14.1 Å². The monoisotopic (exact) mass is 214 g/mol. The van der Waals surface area contributed by atoms with Crippen LogP contribution >= 0.6 is 0 Å². The van der Waals surface area contributed by atoms with E-state index in [1.54, 1.807) is 0 Å². The molecule has 0 aliphatic carbocycles. The Kier molecular flexibility index (Phi) is 4.85. The summed E-state index contributed by atoms with van der Waals surface area (Å²) in [5, 5.41) is 0. The van der Waals surface area contributed by atoms with Crippen molar-refractivity contribution >= 4 is 13.7 Å². The highest BCUT2D eigenvalue weighted by molar-refractivity contribution is 6.22. The molecule has 88 valence electrons. The van der Waals surface area contributed by atoms with Crippen LogP contribution in [0.4, 0.5) is 0 Å². The summed E-state index contributed by atoms with van der Waals surface area (Å²) in [4.78, 5) is 11.7. The van der Waals surface area contributed by atoms with Gasteiger partial charge in [0.25, 0.3) is 5.97 Å². The molecule has 0 radical (unpaired) electrons. The van der Waals surface area contributed by atoms with Gasteiger partial charge in [0.15, 0.2) is 0 Å². The van der Waals surface area contributed by atoms with Crippen LogP contribution in [0.15, 0.2) is 0 Å². The number of hydrogen-bond acceptors (Lipinski definition) is 3. The molecule has 0 bridgehead atoms. The quantitative estimate of drug-likeness (QED) is 0.673. The SMILES string of the molecule is CC(C)C(C)(C)C(=O)OBOC(C)(C)C. The first-order chi connectivity index (χ1) is 6.57. The summed E-state index contributed by atoms with van der Waals surface area (Å²) in [7, 11) is 0.0263. The maximum absolute atomic E-state index is 11.7. The Hall–Kier alpha value is -0.505. The van der Waals surface area contributed by atoms with Crippen molar-refractivity contribution in [3.8, 4) is 0 Å². The number of carbonyl (C=O) groups is 1. The molecule has 0 N–H and O–H groups in total. The zero-order chi connectivity index (χ0) is 12.3. The van der Waals surface area contributed by atoms with E-state index in [0.717, 1.165) is 0 Å². The van der Waals surface area contributed by atoms with Crippen LogP contribution in [0.1, 0.15) is 48.5 Å². The molecule has 15 heavy (non-hydrogen) atoms. The molecule has 0 aromatic heterocycles. The first-order valence-corrected chi connectivity index (χ1v) is 5.38. The van der Waals surface area contributed by atoms with E-state index in [0.29, 0.717) is 0 Å². The van der Waals surface area contributed by atoms with E-state index >= 15 is 0 Å². The van der Waals surface area contributed by atoms with Crippen LogP contribution in [0.5, 0.6) is 0 Å². The molecule has 3 nitrogen and oxygen atoms in total. The molecule has 0 aliphatic rings. The fraction of sp³-hybridized carbons (Fsp3) is 0.909. The van der Waals surface area contributed by atoms with Crippen LogP contribution in [-0.4, -0.2) is 19.3 Å². The number of rotatable bonds is 4. The van der Waals surface area contributed by atoms with Gasteiger partial charge >= 0.3 is 7.69 Å². The summed E-state index contributed by atoms with van der Waals surface area (Å²) >= 11 is 0. The maximum atomic E-state index is 11.7. The lowest BCUT2D eigenvalue weighted by molar-refractivity contribution is -0.147. The Morgan fingerprint density at radius 1 is 1.13 bits per heavy atom. The average Bonchev–Trinajstić information content (AvgIpc) is 2.01. The Morgan fingerprint density at radius 2 is 1.60 bits per heavy atom. The molecule has 0 amide bonds. The summed E-state index contributed by atoms with van der Waals surface area (Å²) in [5.74, 6) is 0.0430. The molecule has 0 aromatic carbocycles. The Balaban J connectivity index is 4.06. The van der Waals surface area contributed by atoms with E-state index in [2.05, 4.69) is 0 Å². The zero-order valence-corrected chi connectivity index (χ0v) is 11.0. The summed E-state index contributed by atoms with van der Waals surface area (Å²) in [6.07, 6.45) is 0. The molecule has 0 aromatic rings. The van der Waals surface area contributed by atoms with Crippen molar-refractivity contribution in [1.82, 2.24) is 0 Å². The van der Waals surface area contributed by atoms with Crippen LogP contribution in [0.3, 0.4) is 0 Å². The van der Waals surface area contributed by atoms with E-state index in [4.69, 9.17) is 9.31 Å². The van der Waals surface area contributed by atoms with Gasteiger partial charge in [0.2, 0.25) is 0 Å². The molecular formula is C11H23BO3. The first-order valence-electron chi connectivity index (χ1n) is 5.38. The van der Waals surface area contributed by atoms with Crippen molar-refractivity contribution in [2.24, 2.45) is 11.3 Å². The third-order valence-corrected chi connectivity index (χ3v) is 2.65. The maximum Gasteiger partial charge on any atom is 0.509 e. The minimum absolute atomic E-state index is 0.0263. The smallest absolute Gasteiger partial charge is 0.509 e. The fourth-order valence-electron chi connectivity index (χ4n) is 0.681. The minimum atomic E-state index is -0.457. The minimum Gasteiger partial charge on any atom is -0.512 e. The predicted molar refractivity (Wildman–Crippen MR) is 62.7 cm³/mol. The van der Waals surface area contributed by atoms with Gasteiger partial charge in [-0.3, -0.25) is 4.79 Å². The van der Waals surface area contributed by atoms with Gasteiger partial charge in [-0.2, -0.15) is 0 Å². The van der Waals surface area contributed by atoms with E-state index in [-0.39, 0.29) is 25.2 Å². The second-order valence-corrected chi connectivity index (χ2v) is 5.68. The second kappa shape index (κ2) is 5.02. The summed E-state index contributed by atoms with van der Waals surface area (Å²) in [6.45, 7) is 13.6. The van der Waals surface area contributed by atoms with Crippen LogP contribution in [0.2, 0.25) is 0 Å². The van der Waals surface area contributed by atoms with Gasteiger partial charge in [-0.05, 0) is 40.5 Å². The van der Waals surface area contributed by atoms with Gasteiger partial charge in [0.1, 0.15) is 0 Å². The molecule has 0 atom stereocenters. The summed E-state index contributed by atoms with van der Waals surface area (Å²) < 4.78 is 10.4. The average molecular weight is 214 g/mol. The molecule has 0 unspecified atom stereocenters. The molecule has 4 heteroatoms. The van der Waals surface area contributed by atoms with E-state index < -0.39 is 5.41 Å². The zero-order valence-electron chi connectivity index (χ0n) is 11.0. The Labute approximate surface area is 93.8 Å². The summed E-state index contributed by atoms with van der Waals surface area (Å²) in [6, 6.07) is 0. The van der Waals surface area contributed by atoms with Crippen molar-refractivity contribution in [1.29, 1.82) is 0 Å². The highest BCUT2D eigenvalue weighted by Crippen LogP contribution is 2.27. The second-order valence-electron chi connectivity index (χ2n) is 5.68. The van der Waals surface area contributed by atoms with Gasteiger partial charge in [-0.1, -0.05) is 13.8 Å². The lowest BCUT2D eigenvalue weighted by Gasteiger charge is -2.27. The Bertz CT molecular complexity index is 216. The van der Waals surface area contributed by atoms with Gasteiger partial charge in [-0.25, -0.2) is 0 Å². The lowest BCUT2D eigenvalue weighted by Crippen LogP contribution is -2.34. The Morgan fingerprint density at radius 3 is 1.93 bits per heavy atom. The molecule has 0 rings (SSSR count). The first kappa shape index (κ1) is 14.5. The van der Waals surface area contributed by atoms with Crippen LogP contribution in [-0.2, 0) is 14.1 Å². The van der Waals surface area contributed by atoms with Gasteiger partial charge < -0.3 is 9.31 Å². The molecule has 0 saturated carbocycles. The van der Waals surface area contributed by atoms with Crippen molar-refractivity contribution in [2.75, 3.05) is 0 Å². The normalized spacial score (nSPS) is 12.8. The molecule has 0 heterocycles. The molecular weight excluding hydrogens is 191 g/mol. The topological polar surface area (TPSA) is 35.5 Å². The molecule has 0 spiro atoms. The van der Waals surface area contributed by atoms with Gasteiger partial charge in [0.05, 0.1) is 5.41 Å². The predicted octanol–water partition coefficient (Wildman–Crippen LogP) is 2.29. The highest BCUT2D eigenvalue weighted by Gasteiger charge is 2.33. The van der Waals surface area contributed by atoms with E-state index in [9.17, 15) is 4.79 Å². The lowest BCUT2D eigenvalue weighted by atomic mass is 9.81. The number of carbonyl (C=O) groups excluding carboxylic acids is 1. The molecule has 0 aliphatic heterocycles. The van der Waals surface area contributed by atoms with Crippen molar-refractivity contribution in [2.45, 2.75) is 54.1 Å². The fourth-order valence-corrected chi connectivity index (χ4v) is 0.681. The third-order valence-electron chi connectivity index (χ3n) is 2.65. The van der Waals surface area contributed by atoms with Crippen molar-refractivity contribution in [3.05, 3.63) is 0 Å². The third kappa shape index (κ3) is 5.21. The van der Waals surface area contributed by atoms with Crippen LogP contribution < -0.4 is 0 Å². The number of hydrogen-bond donors (Lipinski definition) is 0. The van der Waals surface area contributed by atoms with Crippen LogP contribution in [0, 0.1) is 11.3 Å². The van der Waals surface area contributed by atoms with Crippen LogP contribution in [0.25, 0.3) is 0 Å². The van der Waals surface area contributed by atoms with E-state index in [1.165, 1.54) is 0 Å². The van der Waals surface area contributed by atoms with Gasteiger partial charge in [0, 0.05) is 5.60 Å². The largest absolute Gasteiger partial charge is 0.512 e. The van der Waals surface area contributed by atoms with Crippen molar-refractivity contribution in [3.63, 3.8) is 0 Å². The van der Waals surface area contributed by atoms with E-state index in [1.807, 2.05) is 48.5 Å². The highest BCUT2D eigenvalue weighted by atomic mass is 16.6.